The Morgan fingerprint density at radius 3 is 1.97 bits per heavy atom. The lowest BCUT2D eigenvalue weighted by atomic mass is 10.1. The standard InChI is InChI=1S/C23H26Cl2N2O6/c1-31-17-11-7-12-18(32-2)20(17)21(28)26-13-5-4-10-16(23(30)33-3)27-22(29)19-14(24)8-6-9-15(19)25/h6-9,11-12,16H,4-5,10,13H2,1-3H3,(H,26,28)(H,27,29)/t16-/m0/s1. The number of amides is 2. The second-order valence-corrected chi connectivity index (χ2v) is 7.75. The fourth-order valence-corrected chi connectivity index (χ4v) is 3.74. The highest BCUT2D eigenvalue weighted by Gasteiger charge is 2.24. The summed E-state index contributed by atoms with van der Waals surface area (Å²) in [5.74, 6) is -0.695. The minimum atomic E-state index is -0.889. The Bertz CT molecular complexity index is 956. The second-order valence-electron chi connectivity index (χ2n) is 6.94. The summed E-state index contributed by atoms with van der Waals surface area (Å²) in [5.41, 5.74) is 0.395. The molecule has 0 aromatic heterocycles. The molecule has 0 fully saturated rings. The lowest BCUT2D eigenvalue weighted by Gasteiger charge is -2.17. The molecule has 0 aliphatic carbocycles. The van der Waals surface area contributed by atoms with Crippen LogP contribution in [0.25, 0.3) is 0 Å². The minimum absolute atomic E-state index is 0.0905. The van der Waals surface area contributed by atoms with Gasteiger partial charge in [-0.25, -0.2) is 4.79 Å². The van der Waals surface area contributed by atoms with Crippen molar-refractivity contribution >= 4 is 41.0 Å². The summed E-state index contributed by atoms with van der Waals surface area (Å²) in [7, 11) is 4.19. The van der Waals surface area contributed by atoms with E-state index in [0.29, 0.717) is 42.9 Å². The fourth-order valence-electron chi connectivity index (χ4n) is 3.18. The van der Waals surface area contributed by atoms with Gasteiger partial charge in [0.2, 0.25) is 0 Å². The third kappa shape index (κ3) is 7.00. The van der Waals surface area contributed by atoms with Crippen LogP contribution in [-0.4, -0.2) is 51.7 Å². The van der Waals surface area contributed by atoms with E-state index in [2.05, 4.69) is 10.6 Å². The molecule has 0 saturated heterocycles. The first kappa shape index (κ1) is 26.3. The van der Waals surface area contributed by atoms with E-state index >= 15 is 0 Å². The van der Waals surface area contributed by atoms with Crippen LogP contribution < -0.4 is 20.1 Å². The quantitative estimate of drug-likeness (QED) is 0.361. The normalized spacial score (nSPS) is 11.3. The van der Waals surface area contributed by atoms with Crippen LogP contribution in [0.5, 0.6) is 11.5 Å². The number of carbonyl (C=O) groups excluding carboxylic acids is 3. The summed E-state index contributed by atoms with van der Waals surface area (Å²) in [6.07, 6.45) is 1.38. The van der Waals surface area contributed by atoms with Gasteiger partial charge < -0.3 is 24.8 Å². The van der Waals surface area contributed by atoms with Crippen molar-refractivity contribution in [1.29, 1.82) is 0 Å². The van der Waals surface area contributed by atoms with Crippen LogP contribution in [0.2, 0.25) is 10.0 Å². The van der Waals surface area contributed by atoms with Gasteiger partial charge in [-0.15, -0.1) is 0 Å². The number of esters is 1. The van der Waals surface area contributed by atoms with Crippen molar-refractivity contribution in [3.8, 4) is 11.5 Å². The highest BCUT2D eigenvalue weighted by atomic mass is 35.5. The number of methoxy groups -OCH3 is 3. The molecule has 0 radical (unpaired) electrons. The van der Waals surface area contributed by atoms with E-state index in [1.165, 1.54) is 33.5 Å². The topological polar surface area (TPSA) is 103 Å². The SMILES string of the molecule is COC(=O)[C@H](CCCCNC(=O)c1c(OC)cccc1OC)NC(=O)c1c(Cl)cccc1Cl. The predicted octanol–water partition coefficient (Wildman–Crippen LogP) is 3.88. The zero-order valence-electron chi connectivity index (χ0n) is 18.6. The van der Waals surface area contributed by atoms with Crippen LogP contribution in [0, 0.1) is 0 Å². The van der Waals surface area contributed by atoms with Crippen molar-refractivity contribution in [1.82, 2.24) is 10.6 Å². The summed E-state index contributed by atoms with van der Waals surface area (Å²) in [4.78, 5) is 37.3. The molecular weight excluding hydrogens is 471 g/mol. The molecule has 10 heteroatoms. The molecule has 2 aromatic carbocycles. The predicted molar refractivity (Wildman–Crippen MR) is 125 cm³/mol. The Morgan fingerprint density at radius 2 is 1.42 bits per heavy atom. The van der Waals surface area contributed by atoms with Crippen molar-refractivity contribution in [3.63, 3.8) is 0 Å². The molecule has 0 bridgehead atoms. The monoisotopic (exact) mass is 496 g/mol. The average molecular weight is 497 g/mol. The third-order valence-corrected chi connectivity index (χ3v) is 5.47. The van der Waals surface area contributed by atoms with Gasteiger partial charge in [0.15, 0.2) is 0 Å². The van der Waals surface area contributed by atoms with E-state index in [1.807, 2.05) is 0 Å². The number of benzene rings is 2. The molecular formula is C23H26Cl2N2O6. The first-order chi connectivity index (χ1) is 15.8. The molecule has 2 rings (SSSR count). The van der Waals surface area contributed by atoms with E-state index in [9.17, 15) is 14.4 Å². The summed E-state index contributed by atoms with van der Waals surface area (Å²) >= 11 is 12.1. The van der Waals surface area contributed by atoms with Crippen LogP contribution in [-0.2, 0) is 9.53 Å². The lowest BCUT2D eigenvalue weighted by molar-refractivity contribution is -0.143. The van der Waals surface area contributed by atoms with Gasteiger partial charge >= 0.3 is 5.97 Å². The zero-order valence-corrected chi connectivity index (χ0v) is 20.1. The molecule has 2 amide bonds. The van der Waals surface area contributed by atoms with Gasteiger partial charge in [0.25, 0.3) is 11.8 Å². The number of ether oxygens (including phenoxy) is 3. The average Bonchev–Trinajstić information content (AvgIpc) is 2.81. The van der Waals surface area contributed by atoms with Gasteiger partial charge in [0, 0.05) is 6.54 Å². The van der Waals surface area contributed by atoms with E-state index < -0.39 is 17.9 Å². The lowest BCUT2D eigenvalue weighted by Crippen LogP contribution is -2.41. The molecule has 0 unspecified atom stereocenters. The number of hydrogen-bond acceptors (Lipinski definition) is 6. The van der Waals surface area contributed by atoms with Crippen LogP contribution in [0.4, 0.5) is 0 Å². The molecule has 0 heterocycles. The first-order valence-electron chi connectivity index (χ1n) is 10.2. The van der Waals surface area contributed by atoms with Crippen molar-refractivity contribution in [2.45, 2.75) is 25.3 Å². The highest BCUT2D eigenvalue weighted by molar-refractivity contribution is 6.39. The molecule has 1 atom stereocenters. The molecule has 0 saturated carbocycles. The molecule has 178 valence electrons. The number of halogens is 2. The highest BCUT2D eigenvalue weighted by Crippen LogP contribution is 2.28. The van der Waals surface area contributed by atoms with Gasteiger partial charge in [-0.05, 0) is 43.5 Å². The fraction of sp³-hybridized carbons (Fsp3) is 0.348. The number of hydrogen-bond donors (Lipinski definition) is 2. The minimum Gasteiger partial charge on any atom is -0.496 e. The van der Waals surface area contributed by atoms with Crippen LogP contribution in [0.15, 0.2) is 36.4 Å². The van der Waals surface area contributed by atoms with E-state index in [0.717, 1.165) is 0 Å². The Morgan fingerprint density at radius 1 is 0.848 bits per heavy atom. The summed E-state index contributed by atoms with van der Waals surface area (Å²) < 4.78 is 15.3. The van der Waals surface area contributed by atoms with E-state index in [-0.39, 0.29) is 21.5 Å². The molecule has 33 heavy (non-hydrogen) atoms. The van der Waals surface area contributed by atoms with E-state index in [1.54, 1.807) is 24.3 Å². The van der Waals surface area contributed by atoms with Gasteiger partial charge in [-0.1, -0.05) is 35.3 Å². The number of rotatable bonds is 11. The Hall–Kier alpha value is -2.97. The number of nitrogens with one attached hydrogen (secondary N) is 2. The van der Waals surface area contributed by atoms with Crippen molar-refractivity contribution in [3.05, 3.63) is 57.6 Å². The summed E-state index contributed by atoms with van der Waals surface area (Å²) in [6, 6.07) is 8.88. The Balaban J connectivity index is 1.92. The molecule has 0 spiro atoms. The third-order valence-electron chi connectivity index (χ3n) is 4.84. The van der Waals surface area contributed by atoms with E-state index in [4.69, 9.17) is 37.4 Å². The first-order valence-corrected chi connectivity index (χ1v) is 10.9. The second kappa shape index (κ2) is 12.9. The van der Waals surface area contributed by atoms with Crippen molar-refractivity contribution < 1.29 is 28.6 Å². The van der Waals surface area contributed by atoms with Gasteiger partial charge in [0.05, 0.1) is 36.9 Å². The van der Waals surface area contributed by atoms with Gasteiger partial charge in [0.1, 0.15) is 23.1 Å². The maximum absolute atomic E-state index is 12.6. The molecule has 0 aliphatic heterocycles. The number of carbonyl (C=O) groups is 3. The van der Waals surface area contributed by atoms with Gasteiger partial charge in [-0.2, -0.15) is 0 Å². The summed E-state index contributed by atoms with van der Waals surface area (Å²) in [5, 5.41) is 5.79. The Kier molecular flexibility index (Phi) is 10.3. The zero-order chi connectivity index (χ0) is 24.4. The van der Waals surface area contributed by atoms with Crippen molar-refractivity contribution in [2.24, 2.45) is 0 Å². The maximum Gasteiger partial charge on any atom is 0.328 e. The molecule has 2 N–H and O–H groups in total. The smallest absolute Gasteiger partial charge is 0.328 e. The van der Waals surface area contributed by atoms with Crippen LogP contribution in [0.3, 0.4) is 0 Å². The molecule has 8 nitrogen and oxygen atoms in total. The summed E-state index contributed by atoms with van der Waals surface area (Å²) in [6.45, 7) is 0.345. The van der Waals surface area contributed by atoms with Crippen LogP contribution in [0.1, 0.15) is 40.0 Å². The number of unbranched alkanes of at least 4 members (excludes halogenated alkanes) is 1. The molecule has 2 aromatic rings. The van der Waals surface area contributed by atoms with Crippen molar-refractivity contribution in [2.75, 3.05) is 27.9 Å². The van der Waals surface area contributed by atoms with Crippen LogP contribution >= 0.6 is 23.2 Å². The maximum atomic E-state index is 12.6. The largest absolute Gasteiger partial charge is 0.496 e. The Labute approximate surface area is 202 Å². The van der Waals surface area contributed by atoms with Gasteiger partial charge in [-0.3, -0.25) is 9.59 Å². The molecule has 0 aliphatic rings.